The van der Waals surface area contributed by atoms with Gasteiger partial charge in [-0.05, 0) is 36.9 Å². The molecule has 0 heterocycles. The minimum absolute atomic E-state index is 0.00379. The van der Waals surface area contributed by atoms with Crippen molar-refractivity contribution in [1.82, 2.24) is 5.32 Å². The number of hydrogen-bond donors (Lipinski definition) is 1. The molecule has 0 radical (unpaired) electrons. The second-order valence-corrected chi connectivity index (χ2v) is 15.1. The molecule has 1 N–H and O–H groups in total. The number of carbonyl (C=O) groups is 1. The summed E-state index contributed by atoms with van der Waals surface area (Å²) in [5.41, 5.74) is 0.717. The van der Waals surface area contributed by atoms with E-state index in [2.05, 4.69) is 108 Å². The molecule has 2 nitrogen and oxygen atoms in total. The highest BCUT2D eigenvalue weighted by molar-refractivity contribution is 14.1. The van der Waals surface area contributed by atoms with Gasteiger partial charge in [0.05, 0.1) is 0 Å². The molecule has 0 spiro atoms. The Labute approximate surface area is 207 Å². The predicted molar refractivity (Wildman–Crippen MR) is 148 cm³/mol. The molecule has 0 aliphatic carbocycles. The minimum atomic E-state index is -2.07. The molecule has 166 valence electrons. The molecular formula is C28H32INOSi. The highest BCUT2D eigenvalue weighted by Crippen LogP contribution is 2.31. The molecule has 2 unspecified atom stereocenters. The van der Waals surface area contributed by atoms with E-state index in [1.807, 2.05) is 30.3 Å². The molecule has 0 aromatic heterocycles. The van der Waals surface area contributed by atoms with Crippen LogP contribution in [0.4, 0.5) is 0 Å². The van der Waals surface area contributed by atoms with E-state index in [0.29, 0.717) is 16.0 Å². The molecule has 32 heavy (non-hydrogen) atoms. The van der Waals surface area contributed by atoms with Crippen molar-refractivity contribution < 1.29 is 4.79 Å². The number of halogens is 1. The molecule has 2 atom stereocenters. The van der Waals surface area contributed by atoms with Gasteiger partial charge in [-0.1, -0.05) is 125 Å². The topological polar surface area (TPSA) is 29.1 Å². The summed E-state index contributed by atoms with van der Waals surface area (Å²) in [4.78, 5) is 12.5. The molecule has 0 aliphatic rings. The summed E-state index contributed by atoms with van der Waals surface area (Å²) >= 11 is 2.71. The first kappa shape index (κ1) is 24.5. The van der Waals surface area contributed by atoms with Crippen LogP contribution >= 0.6 is 22.6 Å². The minimum Gasteiger partial charge on any atom is -0.352 e. The van der Waals surface area contributed by atoms with E-state index in [-0.39, 0.29) is 5.91 Å². The fourth-order valence-electron chi connectivity index (χ4n) is 4.45. The largest absolute Gasteiger partial charge is 0.352 e. The SMILES string of the molecule is C=CCC[Si](c1ccccc1)(c1ccccc1)C(I)C(C)CCNC(=O)c1ccccc1. The second kappa shape index (κ2) is 12.2. The van der Waals surface area contributed by atoms with E-state index in [0.717, 1.165) is 24.4 Å². The number of hydrogen-bond acceptors (Lipinski definition) is 1. The summed E-state index contributed by atoms with van der Waals surface area (Å²) in [6.07, 6.45) is 4.02. The Hall–Kier alpha value is -2.18. The van der Waals surface area contributed by atoms with Crippen LogP contribution in [-0.4, -0.2) is 24.1 Å². The highest BCUT2D eigenvalue weighted by Gasteiger charge is 2.44. The van der Waals surface area contributed by atoms with E-state index >= 15 is 0 Å². The molecular weight excluding hydrogens is 521 g/mol. The lowest BCUT2D eigenvalue weighted by atomic mass is 10.1. The first-order valence-corrected chi connectivity index (χ1v) is 14.8. The number of amides is 1. The van der Waals surface area contributed by atoms with Gasteiger partial charge in [-0.25, -0.2) is 0 Å². The molecule has 0 saturated carbocycles. The number of rotatable bonds is 11. The number of allylic oxidation sites excluding steroid dienone is 1. The lowest BCUT2D eigenvalue weighted by molar-refractivity contribution is 0.0952. The van der Waals surface area contributed by atoms with Gasteiger partial charge in [0.2, 0.25) is 0 Å². The molecule has 3 aromatic rings. The van der Waals surface area contributed by atoms with Crippen LogP contribution in [0.25, 0.3) is 0 Å². The summed E-state index contributed by atoms with van der Waals surface area (Å²) in [7, 11) is -2.07. The maximum Gasteiger partial charge on any atom is 0.251 e. The quantitative estimate of drug-likeness (QED) is 0.142. The van der Waals surface area contributed by atoms with Crippen molar-refractivity contribution in [2.24, 2.45) is 5.92 Å². The zero-order chi connectivity index (χ0) is 22.8. The van der Waals surface area contributed by atoms with Gasteiger partial charge in [-0.3, -0.25) is 4.79 Å². The molecule has 0 fully saturated rings. The van der Waals surface area contributed by atoms with Crippen molar-refractivity contribution in [2.75, 3.05) is 6.54 Å². The first-order valence-electron chi connectivity index (χ1n) is 11.3. The van der Waals surface area contributed by atoms with Crippen molar-refractivity contribution in [2.45, 2.75) is 29.4 Å². The monoisotopic (exact) mass is 553 g/mol. The highest BCUT2D eigenvalue weighted by atomic mass is 127. The second-order valence-electron chi connectivity index (χ2n) is 8.32. The Morgan fingerprint density at radius 3 is 1.94 bits per heavy atom. The van der Waals surface area contributed by atoms with Gasteiger partial charge in [0.25, 0.3) is 5.91 Å². The Morgan fingerprint density at radius 2 is 1.44 bits per heavy atom. The van der Waals surface area contributed by atoms with Crippen molar-refractivity contribution in [3.05, 3.63) is 109 Å². The van der Waals surface area contributed by atoms with E-state index in [1.54, 1.807) is 0 Å². The number of nitrogens with one attached hydrogen (secondary N) is 1. The molecule has 0 saturated heterocycles. The first-order chi connectivity index (χ1) is 15.6. The summed E-state index contributed by atoms with van der Waals surface area (Å²) in [5, 5.41) is 6.07. The molecule has 3 rings (SSSR count). The normalized spacial score (nSPS) is 13.2. The number of carbonyl (C=O) groups excluding carboxylic acids is 1. The van der Waals surface area contributed by atoms with Gasteiger partial charge in [-0.15, -0.1) is 6.58 Å². The summed E-state index contributed by atoms with van der Waals surface area (Å²) in [5.74, 6) is 0.465. The third-order valence-electron chi connectivity index (χ3n) is 6.21. The van der Waals surface area contributed by atoms with Crippen molar-refractivity contribution in [3.63, 3.8) is 0 Å². The maximum absolute atomic E-state index is 12.5. The van der Waals surface area contributed by atoms with Gasteiger partial charge < -0.3 is 5.32 Å². The van der Waals surface area contributed by atoms with Crippen LogP contribution in [0.2, 0.25) is 6.04 Å². The van der Waals surface area contributed by atoms with Crippen molar-refractivity contribution in [1.29, 1.82) is 0 Å². The van der Waals surface area contributed by atoms with Gasteiger partial charge in [0.1, 0.15) is 8.07 Å². The Balaban J connectivity index is 1.83. The molecule has 1 amide bonds. The van der Waals surface area contributed by atoms with Crippen LogP contribution in [0, 0.1) is 5.92 Å². The molecule has 0 bridgehead atoms. The van der Waals surface area contributed by atoms with Crippen LogP contribution in [0.15, 0.2) is 104 Å². The molecule has 0 aliphatic heterocycles. The van der Waals surface area contributed by atoms with Gasteiger partial charge in [0, 0.05) is 15.7 Å². The van der Waals surface area contributed by atoms with E-state index in [4.69, 9.17) is 0 Å². The van der Waals surface area contributed by atoms with Gasteiger partial charge >= 0.3 is 0 Å². The van der Waals surface area contributed by atoms with Crippen LogP contribution in [0.5, 0.6) is 0 Å². The summed E-state index contributed by atoms with van der Waals surface area (Å²) in [6, 6.07) is 32.7. The summed E-state index contributed by atoms with van der Waals surface area (Å²) in [6.45, 7) is 7.05. The fourth-order valence-corrected chi connectivity index (χ4v) is 13.1. The fraction of sp³-hybridized carbons (Fsp3) is 0.250. The average Bonchev–Trinajstić information content (AvgIpc) is 2.86. The number of benzene rings is 3. The zero-order valence-electron chi connectivity index (χ0n) is 18.7. The van der Waals surface area contributed by atoms with Crippen molar-refractivity contribution >= 4 is 46.9 Å². The predicted octanol–water partition coefficient (Wildman–Crippen LogP) is 5.62. The smallest absolute Gasteiger partial charge is 0.251 e. The zero-order valence-corrected chi connectivity index (χ0v) is 21.9. The third-order valence-corrected chi connectivity index (χ3v) is 15.9. The van der Waals surface area contributed by atoms with Crippen LogP contribution in [0.3, 0.4) is 0 Å². The molecule has 4 heteroatoms. The van der Waals surface area contributed by atoms with E-state index < -0.39 is 8.07 Å². The Morgan fingerprint density at radius 1 is 0.938 bits per heavy atom. The Bertz CT molecular complexity index is 939. The standard InChI is InChI=1S/C28H32INOSi/c1-3-4-22-32(25-16-10-6-11-17-25,26-18-12-7-13-19-26)27(29)23(2)20-21-30-28(31)24-14-8-5-9-15-24/h3,5-19,23,27H,1,4,20-22H2,2H3,(H,30,31). The average molecular weight is 554 g/mol. The lowest BCUT2D eigenvalue weighted by Crippen LogP contribution is -2.66. The lowest BCUT2D eigenvalue weighted by Gasteiger charge is -2.40. The van der Waals surface area contributed by atoms with Crippen molar-refractivity contribution in [3.8, 4) is 0 Å². The van der Waals surface area contributed by atoms with Crippen LogP contribution < -0.4 is 15.7 Å². The van der Waals surface area contributed by atoms with E-state index in [9.17, 15) is 4.79 Å². The van der Waals surface area contributed by atoms with Gasteiger partial charge in [0.15, 0.2) is 0 Å². The summed E-state index contributed by atoms with van der Waals surface area (Å²) < 4.78 is 0.485. The maximum atomic E-state index is 12.5. The third kappa shape index (κ3) is 5.78. The molecule has 3 aromatic carbocycles. The van der Waals surface area contributed by atoms with Gasteiger partial charge in [-0.2, -0.15) is 0 Å². The number of alkyl halides is 1. The van der Waals surface area contributed by atoms with Crippen LogP contribution in [0.1, 0.15) is 30.1 Å². The van der Waals surface area contributed by atoms with Crippen LogP contribution in [-0.2, 0) is 0 Å². The van der Waals surface area contributed by atoms with E-state index in [1.165, 1.54) is 10.4 Å². The Kier molecular flexibility index (Phi) is 9.30.